The van der Waals surface area contributed by atoms with Gasteiger partial charge in [0.25, 0.3) is 5.91 Å². The minimum Gasteiger partial charge on any atom is -0.494 e. The van der Waals surface area contributed by atoms with Gasteiger partial charge in [-0.2, -0.15) is 13.2 Å². The number of carbonyl (C=O) groups is 1. The van der Waals surface area contributed by atoms with Crippen LogP contribution in [-0.4, -0.2) is 70.2 Å². The van der Waals surface area contributed by atoms with Crippen LogP contribution in [0.15, 0.2) is 42.9 Å². The van der Waals surface area contributed by atoms with E-state index in [0.29, 0.717) is 47.0 Å². The summed E-state index contributed by atoms with van der Waals surface area (Å²) in [5.41, 5.74) is 1.80. The first kappa shape index (κ1) is 30.4. The summed E-state index contributed by atoms with van der Waals surface area (Å²) in [4.78, 5) is 34.8. The number of benzene rings is 2. The van der Waals surface area contributed by atoms with Crippen LogP contribution in [0.3, 0.4) is 0 Å². The SMILES string of the molecule is COc1c(CN2CCCC2)cc(C(F)(F)F)cc1NC(=O)c1ccc(C)c(Nc2ncnc3cnc(N4CC[C@H](F)C4)nc23)c1. The van der Waals surface area contributed by atoms with Crippen molar-refractivity contribution in [1.82, 2.24) is 24.8 Å². The summed E-state index contributed by atoms with van der Waals surface area (Å²) in [6.45, 7) is 4.38. The quantitative estimate of drug-likeness (QED) is 0.232. The van der Waals surface area contributed by atoms with Gasteiger partial charge in [-0.25, -0.2) is 24.3 Å². The molecule has 2 aromatic carbocycles. The molecule has 2 aliphatic heterocycles. The van der Waals surface area contributed by atoms with Crippen molar-refractivity contribution in [3.63, 3.8) is 0 Å². The van der Waals surface area contributed by atoms with Gasteiger partial charge in [0.05, 0.1) is 31.1 Å². The molecule has 4 aromatic rings. The maximum absolute atomic E-state index is 13.9. The van der Waals surface area contributed by atoms with Gasteiger partial charge in [0.15, 0.2) is 5.82 Å². The Balaban J connectivity index is 1.29. The molecule has 1 amide bonds. The van der Waals surface area contributed by atoms with Gasteiger partial charge in [0.1, 0.15) is 29.3 Å². The van der Waals surface area contributed by atoms with Crippen molar-refractivity contribution in [3.8, 4) is 5.75 Å². The van der Waals surface area contributed by atoms with Gasteiger partial charge >= 0.3 is 6.18 Å². The molecule has 1 atom stereocenters. The van der Waals surface area contributed by atoms with Crippen LogP contribution < -0.4 is 20.3 Å². The topological polar surface area (TPSA) is 108 Å². The Morgan fingerprint density at radius 2 is 1.87 bits per heavy atom. The molecular weight excluding hydrogens is 592 g/mol. The number of aromatic nitrogens is 4. The van der Waals surface area contributed by atoms with Crippen molar-refractivity contribution in [1.29, 1.82) is 0 Å². The first-order valence-electron chi connectivity index (χ1n) is 14.7. The molecular formula is C31H32F4N8O2. The van der Waals surface area contributed by atoms with Crippen LogP contribution in [0.2, 0.25) is 0 Å². The molecule has 4 heterocycles. The largest absolute Gasteiger partial charge is 0.494 e. The minimum atomic E-state index is -4.61. The molecule has 2 aromatic heterocycles. The summed E-state index contributed by atoms with van der Waals surface area (Å²) >= 11 is 0. The van der Waals surface area contributed by atoms with Crippen LogP contribution >= 0.6 is 0 Å². The van der Waals surface area contributed by atoms with E-state index in [1.165, 1.54) is 13.4 Å². The van der Waals surface area contributed by atoms with E-state index in [9.17, 15) is 22.4 Å². The zero-order chi connectivity index (χ0) is 31.7. The Morgan fingerprint density at radius 1 is 1.07 bits per heavy atom. The smallest absolute Gasteiger partial charge is 0.416 e. The summed E-state index contributed by atoms with van der Waals surface area (Å²) in [6.07, 6.45) is -0.300. The van der Waals surface area contributed by atoms with Gasteiger partial charge in [0.2, 0.25) is 5.95 Å². The van der Waals surface area contributed by atoms with Crippen LogP contribution in [0.25, 0.3) is 11.0 Å². The maximum atomic E-state index is 13.9. The summed E-state index contributed by atoms with van der Waals surface area (Å²) in [5.74, 6) is 0.291. The predicted octanol–water partition coefficient (Wildman–Crippen LogP) is 5.90. The van der Waals surface area contributed by atoms with E-state index in [1.807, 2.05) is 6.92 Å². The number of rotatable bonds is 8. The standard InChI is InChI=1S/C31H32F4N8O2/c1-18-5-6-19(12-23(18)39-28-26-25(37-17-38-28)14-36-30(41-26)43-10-7-22(32)16-43)29(44)40-24-13-21(31(33,34)35)11-20(27(24)45-2)15-42-8-3-4-9-42/h5-6,11-14,17,22H,3-4,7-10,15-16H2,1-2H3,(H,40,44)(H,37,38,39)/t22-/m0/s1. The van der Waals surface area contributed by atoms with Gasteiger partial charge in [-0.1, -0.05) is 6.07 Å². The van der Waals surface area contributed by atoms with Crippen molar-refractivity contribution in [3.05, 3.63) is 65.1 Å². The fraction of sp³-hybridized carbons (Fsp3) is 0.387. The number of likely N-dealkylation sites (tertiary alicyclic amines) is 1. The third kappa shape index (κ3) is 6.60. The number of hydrogen-bond donors (Lipinski definition) is 2. The van der Waals surface area contributed by atoms with E-state index in [-0.39, 0.29) is 30.1 Å². The second-order valence-corrected chi connectivity index (χ2v) is 11.3. The Morgan fingerprint density at radius 3 is 2.58 bits per heavy atom. The Bertz CT molecular complexity index is 1730. The summed E-state index contributed by atoms with van der Waals surface area (Å²) in [7, 11) is 1.38. The lowest BCUT2D eigenvalue weighted by Crippen LogP contribution is -2.22. The second kappa shape index (κ2) is 12.4. The van der Waals surface area contributed by atoms with Gasteiger partial charge < -0.3 is 20.3 Å². The fourth-order valence-electron chi connectivity index (χ4n) is 5.69. The van der Waals surface area contributed by atoms with Crippen LogP contribution in [0.4, 0.5) is 40.7 Å². The predicted molar refractivity (Wildman–Crippen MR) is 162 cm³/mol. The number of ether oxygens (including phenoxy) is 1. The van der Waals surface area contributed by atoms with Crippen molar-refractivity contribution in [2.75, 3.05) is 48.8 Å². The molecule has 45 heavy (non-hydrogen) atoms. The molecule has 14 heteroatoms. The van der Waals surface area contributed by atoms with E-state index in [2.05, 4.69) is 35.5 Å². The number of fused-ring (bicyclic) bond motifs is 1. The Kier molecular flexibility index (Phi) is 8.40. The second-order valence-electron chi connectivity index (χ2n) is 11.3. The van der Waals surface area contributed by atoms with E-state index in [4.69, 9.17) is 4.74 Å². The van der Waals surface area contributed by atoms with Crippen LogP contribution in [0.5, 0.6) is 5.75 Å². The number of nitrogens with zero attached hydrogens (tertiary/aromatic N) is 6. The highest BCUT2D eigenvalue weighted by Crippen LogP contribution is 2.39. The number of nitrogens with one attached hydrogen (secondary N) is 2. The number of methoxy groups -OCH3 is 1. The molecule has 0 aliphatic carbocycles. The lowest BCUT2D eigenvalue weighted by Gasteiger charge is -2.21. The molecule has 2 saturated heterocycles. The lowest BCUT2D eigenvalue weighted by molar-refractivity contribution is -0.137. The van der Waals surface area contributed by atoms with Gasteiger partial charge in [-0.05, 0) is 69.1 Å². The third-order valence-corrected chi connectivity index (χ3v) is 8.07. The Labute approximate surface area is 256 Å². The number of aryl methyl sites for hydroxylation is 1. The molecule has 0 spiro atoms. The molecule has 2 N–H and O–H groups in total. The first-order chi connectivity index (χ1) is 21.6. The highest BCUT2D eigenvalue weighted by atomic mass is 19.4. The molecule has 2 fully saturated rings. The summed E-state index contributed by atoms with van der Waals surface area (Å²) < 4.78 is 61.0. The molecule has 0 bridgehead atoms. The van der Waals surface area contributed by atoms with Crippen LogP contribution in [0.1, 0.15) is 46.3 Å². The molecule has 2 aliphatic rings. The van der Waals surface area contributed by atoms with E-state index in [0.717, 1.165) is 43.6 Å². The molecule has 10 nitrogen and oxygen atoms in total. The number of anilines is 4. The average molecular weight is 625 g/mol. The molecule has 236 valence electrons. The average Bonchev–Trinajstić information content (AvgIpc) is 3.69. The van der Waals surface area contributed by atoms with Crippen LogP contribution in [-0.2, 0) is 12.7 Å². The van der Waals surface area contributed by atoms with Gasteiger partial charge in [-0.15, -0.1) is 0 Å². The van der Waals surface area contributed by atoms with E-state index >= 15 is 0 Å². The fourth-order valence-corrected chi connectivity index (χ4v) is 5.69. The normalized spacial score (nSPS) is 17.2. The van der Waals surface area contributed by atoms with Crippen molar-refractivity contribution < 1.29 is 27.1 Å². The molecule has 0 saturated carbocycles. The van der Waals surface area contributed by atoms with Crippen molar-refractivity contribution >= 4 is 40.1 Å². The van der Waals surface area contributed by atoms with Gasteiger partial charge in [0, 0.05) is 29.9 Å². The lowest BCUT2D eigenvalue weighted by atomic mass is 10.1. The van der Waals surface area contributed by atoms with Crippen molar-refractivity contribution in [2.45, 2.75) is 45.1 Å². The maximum Gasteiger partial charge on any atom is 0.416 e. The zero-order valence-corrected chi connectivity index (χ0v) is 24.8. The highest BCUT2D eigenvalue weighted by Gasteiger charge is 2.33. The number of halogens is 4. The zero-order valence-electron chi connectivity index (χ0n) is 24.8. The number of hydrogen-bond acceptors (Lipinski definition) is 9. The van der Waals surface area contributed by atoms with Crippen molar-refractivity contribution in [2.24, 2.45) is 0 Å². The van der Waals surface area contributed by atoms with E-state index < -0.39 is 23.8 Å². The van der Waals surface area contributed by atoms with Gasteiger partial charge in [-0.3, -0.25) is 9.69 Å². The van der Waals surface area contributed by atoms with Crippen LogP contribution in [0, 0.1) is 6.92 Å². The molecule has 0 unspecified atom stereocenters. The first-order valence-corrected chi connectivity index (χ1v) is 14.7. The third-order valence-electron chi connectivity index (χ3n) is 8.07. The number of amides is 1. The highest BCUT2D eigenvalue weighted by molar-refractivity contribution is 6.06. The monoisotopic (exact) mass is 624 g/mol. The number of carbonyl (C=O) groups excluding carboxylic acids is 1. The Hall–Kier alpha value is -4.59. The number of alkyl halides is 4. The summed E-state index contributed by atoms with van der Waals surface area (Å²) in [5, 5.41) is 5.85. The van der Waals surface area contributed by atoms with E-state index in [1.54, 1.807) is 29.3 Å². The summed E-state index contributed by atoms with van der Waals surface area (Å²) in [6, 6.07) is 6.86. The minimum absolute atomic E-state index is 0.0648. The molecule has 6 rings (SSSR count). The molecule has 0 radical (unpaired) electrons.